The molecular formula is C15H17Br2N3. The molecule has 2 aromatic rings. The van der Waals surface area contributed by atoms with E-state index in [1.807, 2.05) is 18.5 Å². The minimum atomic E-state index is 0.208. The van der Waals surface area contributed by atoms with Crippen molar-refractivity contribution in [3.8, 4) is 0 Å². The topological polar surface area (TPSA) is 37.8 Å². The van der Waals surface area contributed by atoms with Gasteiger partial charge in [-0.05, 0) is 75.0 Å². The number of rotatable bonds is 6. The fourth-order valence-electron chi connectivity index (χ4n) is 2.00. The van der Waals surface area contributed by atoms with Gasteiger partial charge in [-0.15, -0.1) is 0 Å². The van der Waals surface area contributed by atoms with Crippen LogP contribution in [-0.2, 0) is 6.42 Å². The number of hydrogen-bond donors (Lipinski definition) is 1. The molecule has 0 bridgehead atoms. The van der Waals surface area contributed by atoms with Gasteiger partial charge in [-0.1, -0.05) is 6.92 Å². The van der Waals surface area contributed by atoms with E-state index in [0.717, 1.165) is 34.0 Å². The van der Waals surface area contributed by atoms with Crippen LogP contribution < -0.4 is 5.32 Å². The number of halogens is 2. The molecule has 2 rings (SSSR count). The molecule has 0 fully saturated rings. The van der Waals surface area contributed by atoms with Crippen LogP contribution in [0.15, 0.2) is 45.7 Å². The van der Waals surface area contributed by atoms with Gasteiger partial charge in [0.15, 0.2) is 0 Å². The van der Waals surface area contributed by atoms with Crippen molar-refractivity contribution in [1.29, 1.82) is 0 Å². The van der Waals surface area contributed by atoms with Crippen LogP contribution in [0.4, 0.5) is 0 Å². The molecule has 0 spiro atoms. The zero-order chi connectivity index (χ0) is 14.4. The molecule has 5 heteroatoms. The largest absolute Gasteiger partial charge is 0.308 e. The average Bonchev–Trinajstić information content (AvgIpc) is 2.44. The quantitative estimate of drug-likeness (QED) is 0.788. The molecule has 0 radical (unpaired) electrons. The number of hydrogen-bond acceptors (Lipinski definition) is 3. The third kappa shape index (κ3) is 4.65. The molecule has 2 aromatic heterocycles. The zero-order valence-electron chi connectivity index (χ0n) is 11.3. The third-order valence-corrected chi connectivity index (χ3v) is 3.85. The van der Waals surface area contributed by atoms with Gasteiger partial charge in [0.1, 0.15) is 0 Å². The Kier molecular flexibility index (Phi) is 6.13. The van der Waals surface area contributed by atoms with Gasteiger partial charge in [0.2, 0.25) is 0 Å². The summed E-state index contributed by atoms with van der Waals surface area (Å²) in [6.45, 7) is 3.14. The molecule has 1 N–H and O–H groups in total. The summed E-state index contributed by atoms with van der Waals surface area (Å²) < 4.78 is 2.01. The van der Waals surface area contributed by atoms with Gasteiger partial charge in [0.05, 0.1) is 11.7 Å². The van der Waals surface area contributed by atoms with Gasteiger partial charge < -0.3 is 5.32 Å². The number of pyridine rings is 2. The molecule has 0 saturated heterocycles. The van der Waals surface area contributed by atoms with E-state index in [4.69, 9.17) is 0 Å². The summed E-state index contributed by atoms with van der Waals surface area (Å²) in [4.78, 5) is 8.73. The number of nitrogens with one attached hydrogen (secondary N) is 1. The standard InChI is InChI=1S/C15H17Br2N3/c1-2-5-19-15(14-4-3-12(16)10-20-14)7-11-6-13(17)9-18-8-11/h3-4,6,8-10,15,19H,2,5,7H2,1H3. The van der Waals surface area contributed by atoms with Crippen molar-refractivity contribution in [2.24, 2.45) is 0 Å². The van der Waals surface area contributed by atoms with Crippen molar-refractivity contribution in [3.05, 3.63) is 57.0 Å². The van der Waals surface area contributed by atoms with Crippen LogP contribution in [0.1, 0.15) is 30.6 Å². The maximum Gasteiger partial charge on any atom is 0.0577 e. The summed E-state index contributed by atoms with van der Waals surface area (Å²) in [5.74, 6) is 0. The maximum atomic E-state index is 4.51. The van der Waals surface area contributed by atoms with Crippen LogP contribution in [0.2, 0.25) is 0 Å². The summed E-state index contributed by atoms with van der Waals surface area (Å²) in [7, 11) is 0. The van der Waals surface area contributed by atoms with E-state index in [2.05, 4.69) is 66.2 Å². The molecule has 2 heterocycles. The second-order valence-electron chi connectivity index (χ2n) is 4.62. The minimum absolute atomic E-state index is 0.208. The Balaban J connectivity index is 2.16. The first-order chi connectivity index (χ1) is 9.69. The fourth-order valence-corrected chi connectivity index (χ4v) is 2.64. The second-order valence-corrected chi connectivity index (χ2v) is 6.45. The predicted octanol–water partition coefficient (Wildman–Crippen LogP) is 4.29. The molecule has 0 saturated carbocycles. The minimum Gasteiger partial charge on any atom is -0.308 e. The highest BCUT2D eigenvalue weighted by Crippen LogP contribution is 2.20. The third-order valence-electron chi connectivity index (χ3n) is 2.95. The highest BCUT2D eigenvalue weighted by atomic mass is 79.9. The smallest absolute Gasteiger partial charge is 0.0577 e. The Labute approximate surface area is 136 Å². The van der Waals surface area contributed by atoms with Crippen molar-refractivity contribution >= 4 is 31.9 Å². The maximum absolute atomic E-state index is 4.51. The molecule has 106 valence electrons. The molecular weight excluding hydrogens is 382 g/mol. The van der Waals surface area contributed by atoms with Gasteiger partial charge in [-0.25, -0.2) is 0 Å². The molecule has 1 unspecified atom stereocenters. The fraction of sp³-hybridized carbons (Fsp3) is 0.333. The van der Waals surface area contributed by atoms with E-state index < -0.39 is 0 Å². The lowest BCUT2D eigenvalue weighted by Crippen LogP contribution is -2.25. The van der Waals surface area contributed by atoms with Crippen molar-refractivity contribution < 1.29 is 0 Å². The van der Waals surface area contributed by atoms with Crippen LogP contribution in [0, 0.1) is 0 Å². The Hall–Kier alpha value is -0.780. The summed E-state index contributed by atoms with van der Waals surface area (Å²) in [5, 5.41) is 3.55. The molecule has 0 amide bonds. The Morgan fingerprint density at radius 2 is 2.00 bits per heavy atom. The molecule has 3 nitrogen and oxygen atoms in total. The second kappa shape index (κ2) is 7.86. The molecule has 0 aromatic carbocycles. The average molecular weight is 399 g/mol. The van der Waals surface area contributed by atoms with Crippen molar-refractivity contribution in [2.75, 3.05) is 6.54 Å². The van der Waals surface area contributed by atoms with E-state index in [0.29, 0.717) is 0 Å². The summed E-state index contributed by atoms with van der Waals surface area (Å²) in [6.07, 6.45) is 7.53. The van der Waals surface area contributed by atoms with E-state index in [9.17, 15) is 0 Å². The van der Waals surface area contributed by atoms with Gasteiger partial charge >= 0.3 is 0 Å². The van der Waals surface area contributed by atoms with Gasteiger partial charge in [-0.2, -0.15) is 0 Å². The highest BCUT2D eigenvalue weighted by Gasteiger charge is 2.13. The first kappa shape index (κ1) is 15.6. The lowest BCUT2D eigenvalue weighted by molar-refractivity contribution is 0.517. The van der Waals surface area contributed by atoms with Gasteiger partial charge in [0.25, 0.3) is 0 Å². The molecule has 0 aliphatic carbocycles. The van der Waals surface area contributed by atoms with E-state index in [-0.39, 0.29) is 6.04 Å². The van der Waals surface area contributed by atoms with Crippen LogP contribution in [-0.4, -0.2) is 16.5 Å². The normalized spacial score (nSPS) is 12.3. The van der Waals surface area contributed by atoms with Gasteiger partial charge in [0, 0.05) is 27.5 Å². The van der Waals surface area contributed by atoms with Crippen molar-refractivity contribution in [2.45, 2.75) is 25.8 Å². The van der Waals surface area contributed by atoms with E-state index in [1.54, 1.807) is 6.20 Å². The van der Waals surface area contributed by atoms with Crippen molar-refractivity contribution in [1.82, 2.24) is 15.3 Å². The number of nitrogens with zero attached hydrogens (tertiary/aromatic N) is 2. The van der Waals surface area contributed by atoms with Crippen LogP contribution in [0.5, 0.6) is 0 Å². The van der Waals surface area contributed by atoms with E-state index in [1.165, 1.54) is 5.56 Å². The number of aromatic nitrogens is 2. The summed E-state index contributed by atoms with van der Waals surface area (Å²) in [5.41, 5.74) is 2.25. The van der Waals surface area contributed by atoms with E-state index >= 15 is 0 Å². The molecule has 20 heavy (non-hydrogen) atoms. The Morgan fingerprint density at radius 1 is 1.15 bits per heavy atom. The van der Waals surface area contributed by atoms with Crippen LogP contribution in [0.25, 0.3) is 0 Å². The molecule has 0 aliphatic rings. The van der Waals surface area contributed by atoms with Crippen LogP contribution in [0.3, 0.4) is 0 Å². The predicted molar refractivity (Wildman–Crippen MR) is 88.6 cm³/mol. The lowest BCUT2D eigenvalue weighted by Gasteiger charge is -2.18. The monoisotopic (exact) mass is 397 g/mol. The molecule has 1 atom stereocenters. The zero-order valence-corrected chi connectivity index (χ0v) is 14.5. The summed E-state index contributed by atoms with van der Waals surface area (Å²) >= 11 is 6.89. The first-order valence-corrected chi connectivity index (χ1v) is 8.22. The lowest BCUT2D eigenvalue weighted by atomic mass is 10.0. The Morgan fingerprint density at radius 3 is 2.65 bits per heavy atom. The highest BCUT2D eigenvalue weighted by molar-refractivity contribution is 9.10. The SMILES string of the molecule is CCCNC(Cc1cncc(Br)c1)c1ccc(Br)cn1. The van der Waals surface area contributed by atoms with Crippen molar-refractivity contribution in [3.63, 3.8) is 0 Å². The Bertz CT molecular complexity index is 543. The first-order valence-electron chi connectivity index (χ1n) is 6.63. The van der Waals surface area contributed by atoms with Gasteiger partial charge in [-0.3, -0.25) is 9.97 Å². The molecule has 0 aliphatic heterocycles. The van der Waals surface area contributed by atoms with Crippen LogP contribution >= 0.6 is 31.9 Å². The summed E-state index contributed by atoms with van der Waals surface area (Å²) in [6, 6.07) is 6.40.